The maximum absolute atomic E-state index is 13.5. The minimum Gasteiger partial charge on any atom is -0.409 e. The van der Waals surface area contributed by atoms with Crippen LogP contribution in [0.1, 0.15) is 18.4 Å². The van der Waals surface area contributed by atoms with E-state index < -0.39 is 0 Å². The van der Waals surface area contributed by atoms with Crippen LogP contribution in [0.25, 0.3) is 0 Å². The van der Waals surface area contributed by atoms with Crippen LogP contribution in [0.2, 0.25) is 0 Å². The Morgan fingerprint density at radius 2 is 2.05 bits per heavy atom. The molecule has 108 valence electrons. The normalized spacial score (nSPS) is 17.2. The van der Waals surface area contributed by atoms with E-state index in [0.29, 0.717) is 31.5 Å². The molecule has 5 nitrogen and oxygen atoms in total. The zero-order valence-electron chi connectivity index (χ0n) is 11.1. The Bertz CT molecular complexity index is 511. The zero-order chi connectivity index (χ0) is 14.5. The lowest BCUT2D eigenvalue weighted by atomic mass is 9.95. The van der Waals surface area contributed by atoms with Gasteiger partial charge in [0.1, 0.15) is 11.7 Å². The number of carbonyl (C=O) groups excluding carboxylic acids is 1. The van der Waals surface area contributed by atoms with Gasteiger partial charge >= 0.3 is 0 Å². The number of nitrogens with zero attached hydrogens (tertiary/aromatic N) is 2. The summed E-state index contributed by atoms with van der Waals surface area (Å²) in [6.45, 7) is 1.10. The highest BCUT2D eigenvalue weighted by Gasteiger charge is 2.25. The third kappa shape index (κ3) is 3.26. The molecule has 0 unspecified atom stereocenters. The molecule has 1 aliphatic heterocycles. The molecule has 1 heterocycles. The largest absolute Gasteiger partial charge is 0.409 e. The minimum atomic E-state index is -0.354. The first-order valence-corrected chi connectivity index (χ1v) is 6.60. The molecule has 0 aromatic heterocycles. The Hall–Kier alpha value is -2.11. The molecule has 0 aliphatic carbocycles. The summed E-state index contributed by atoms with van der Waals surface area (Å²) in [5.74, 6) is -0.218. The standard InChI is InChI=1S/C14H18FN3O2/c15-12-4-2-1-3-11(12)9-13(19)18-7-5-10(6-8-18)14(16)17-20/h1-4,10,20H,5-9H2,(H2,16,17). The van der Waals surface area contributed by atoms with Gasteiger partial charge in [0.15, 0.2) is 0 Å². The van der Waals surface area contributed by atoms with E-state index in [2.05, 4.69) is 5.16 Å². The van der Waals surface area contributed by atoms with Crippen molar-refractivity contribution in [3.05, 3.63) is 35.6 Å². The smallest absolute Gasteiger partial charge is 0.227 e. The topological polar surface area (TPSA) is 78.9 Å². The maximum atomic E-state index is 13.5. The fourth-order valence-electron chi connectivity index (χ4n) is 2.42. The van der Waals surface area contributed by atoms with Crippen molar-refractivity contribution in [3.8, 4) is 0 Å². The summed E-state index contributed by atoms with van der Waals surface area (Å²) >= 11 is 0. The summed E-state index contributed by atoms with van der Waals surface area (Å²) in [6, 6.07) is 6.30. The van der Waals surface area contributed by atoms with Gasteiger partial charge in [-0.15, -0.1) is 0 Å². The predicted octanol–water partition coefficient (Wildman–Crippen LogP) is 1.35. The second-order valence-electron chi connectivity index (χ2n) is 4.95. The van der Waals surface area contributed by atoms with Crippen LogP contribution < -0.4 is 5.73 Å². The van der Waals surface area contributed by atoms with Crippen LogP contribution in [0.3, 0.4) is 0 Å². The number of halogens is 1. The number of piperidine rings is 1. The Labute approximate surface area is 116 Å². The van der Waals surface area contributed by atoms with Crippen molar-refractivity contribution in [2.75, 3.05) is 13.1 Å². The quantitative estimate of drug-likeness (QED) is 0.379. The third-order valence-electron chi connectivity index (χ3n) is 3.68. The fourth-order valence-corrected chi connectivity index (χ4v) is 2.42. The number of amides is 1. The van der Waals surface area contributed by atoms with E-state index in [-0.39, 0.29) is 29.9 Å². The van der Waals surface area contributed by atoms with Crippen LogP contribution >= 0.6 is 0 Å². The second kappa shape index (κ2) is 6.36. The van der Waals surface area contributed by atoms with Crippen LogP contribution in [0.4, 0.5) is 4.39 Å². The Balaban J connectivity index is 1.91. The molecule has 0 bridgehead atoms. The molecule has 1 saturated heterocycles. The number of rotatable bonds is 3. The zero-order valence-corrected chi connectivity index (χ0v) is 11.1. The first-order chi connectivity index (χ1) is 9.61. The van der Waals surface area contributed by atoms with E-state index in [4.69, 9.17) is 10.9 Å². The summed E-state index contributed by atoms with van der Waals surface area (Å²) in [5.41, 5.74) is 5.97. The first-order valence-electron chi connectivity index (χ1n) is 6.60. The molecule has 6 heteroatoms. The van der Waals surface area contributed by atoms with E-state index in [1.807, 2.05) is 0 Å². The lowest BCUT2D eigenvalue weighted by molar-refractivity contribution is -0.131. The van der Waals surface area contributed by atoms with Gasteiger partial charge in [-0.3, -0.25) is 4.79 Å². The third-order valence-corrected chi connectivity index (χ3v) is 3.68. The number of hydrogen-bond acceptors (Lipinski definition) is 3. The number of nitrogens with two attached hydrogens (primary N) is 1. The highest BCUT2D eigenvalue weighted by atomic mass is 19.1. The number of carbonyl (C=O) groups is 1. The van der Waals surface area contributed by atoms with Crippen molar-refractivity contribution in [3.63, 3.8) is 0 Å². The average molecular weight is 279 g/mol. The van der Waals surface area contributed by atoms with E-state index in [1.165, 1.54) is 6.07 Å². The molecular formula is C14H18FN3O2. The number of likely N-dealkylation sites (tertiary alicyclic amines) is 1. The molecule has 3 N–H and O–H groups in total. The number of benzene rings is 1. The van der Waals surface area contributed by atoms with Crippen molar-refractivity contribution < 1.29 is 14.4 Å². The van der Waals surface area contributed by atoms with E-state index in [0.717, 1.165) is 0 Å². The van der Waals surface area contributed by atoms with Gasteiger partial charge in [-0.25, -0.2) is 4.39 Å². The Kier molecular flexibility index (Phi) is 4.55. The summed E-state index contributed by atoms with van der Waals surface area (Å²) in [7, 11) is 0. The first kappa shape index (κ1) is 14.3. The van der Waals surface area contributed by atoms with Gasteiger partial charge in [0.25, 0.3) is 0 Å². The number of amidine groups is 1. The minimum absolute atomic E-state index is 0.0116. The van der Waals surface area contributed by atoms with Crippen LogP contribution in [-0.2, 0) is 11.2 Å². The molecule has 1 fully saturated rings. The van der Waals surface area contributed by atoms with Crippen LogP contribution in [-0.4, -0.2) is 34.9 Å². The molecule has 1 aromatic rings. The van der Waals surface area contributed by atoms with Gasteiger partial charge in [-0.2, -0.15) is 0 Å². The van der Waals surface area contributed by atoms with Crippen LogP contribution in [0.15, 0.2) is 29.4 Å². The molecule has 0 radical (unpaired) electrons. The summed E-state index contributed by atoms with van der Waals surface area (Å²) in [5, 5.41) is 11.6. The fraction of sp³-hybridized carbons (Fsp3) is 0.429. The van der Waals surface area contributed by atoms with E-state index >= 15 is 0 Å². The number of hydrogen-bond donors (Lipinski definition) is 2. The summed E-state index contributed by atoms with van der Waals surface area (Å²) in [4.78, 5) is 13.8. The highest BCUT2D eigenvalue weighted by Crippen LogP contribution is 2.18. The second-order valence-corrected chi connectivity index (χ2v) is 4.95. The highest BCUT2D eigenvalue weighted by molar-refractivity contribution is 5.83. The lowest BCUT2D eigenvalue weighted by Crippen LogP contribution is -2.42. The molecule has 1 aliphatic rings. The van der Waals surface area contributed by atoms with Crippen LogP contribution in [0, 0.1) is 11.7 Å². The molecule has 0 atom stereocenters. The van der Waals surface area contributed by atoms with Crippen LogP contribution in [0.5, 0.6) is 0 Å². The average Bonchev–Trinajstić information content (AvgIpc) is 2.49. The SMILES string of the molecule is NC(=NO)C1CCN(C(=O)Cc2ccccc2F)CC1. The van der Waals surface area contributed by atoms with Gasteiger partial charge in [-0.1, -0.05) is 23.4 Å². The monoisotopic (exact) mass is 279 g/mol. The summed E-state index contributed by atoms with van der Waals surface area (Å²) < 4.78 is 13.5. The molecular weight excluding hydrogens is 261 g/mol. The van der Waals surface area contributed by atoms with Crippen molar-refractivity contribution >= 4 is 11.7 Å². The Morgan fingerprint density at radius 1 is 1.40 bits per heavy atom. The number of oxime groups is 1. The van der Waals surface area contributed by atoms with Gasteiger partial charge in [0.05, 0.1) is 6.42 Å². The molecule has 0 saturated carbocycles. The van der Waals surface area contributed by atoms with Gasteiger partial charge in [0, 0.05) is 19.0 Å². The molecule has 1 amide bonds. The van der Waals surface area contributed by atoms with Gasteiger partial charge in [0.2, 0.25) is 5.91 Å². The maximum Gasteiger partial charge on any atom is 0.227 e. The van der Waals surface area contributed by atoms with Crippen molar-refractivity contribution in [2.45, 2.75) is 19.3 Å². The van der Waals surface area contributed by atoms with Gasteiger partial charge in [-0.05, 0) is 24.5 Å². The molecule has 2 rings (SSSR count). The van der Waals surface area contributed by atoms with E-state index in [9.17, 15) is 9.18 Å². The van der Waals surface area contributed by atoms with Crippen molar-refractivity contribution in [1.29, 1.82) is 0 Å². The van der Waals surface area contributed by atoms with E-state index in [1.54, 1.807) is 23.1 Å². The molecule has 20 heavy (non-hydrogen) atoms. The van der Waals surface area contributed by atoms with Gasteiger partial charge < -0.3 is 15.8 Å². The Morgan fingerprint density at radius 3 is 2.65 bits per heavy atom. The van der Waals surface area contributed by atoms with Crippen molar-refractivity contribution in [2.24, 2.45) is 16.8 Å². The molecule has 1 aromatic carbocycles. The lowest BCUT2D eigenvalue weighted by Gasteiger charge is -2.31. The predicted molar refractivity (Wildman–Crippen MR) is 72.8 cm³/mol. The summed E-state index contributed by atoms with van der Waals surface area (Å²) in [6.07, 6.45) is 1.40. The van der Waals surface area contributed by atoms with Crippen molar-refractivity contribution in [1.82, 2.24) is 4.90 Å². The molecule has 0 spiro atoms.